The van der Waals surface area contributed by atoms with E-state index in [4.69, 9.17) is 9.84 Å². The summed E-state index contributed by atoms with van der Waals surface area (Å²) >= 11 is 0. The van der Waals surface area contributed by atoms with Crippen LogP contribution in [0.2, 0.25) is 0 Å². The molecule has 0 aliphatic rings. The Labute approximate surface area is 116 Å². The lowest BCUT2D eigenvalue weighted by Gasteiger charge is -2.21. The van der Waals surface area contributed by atoms with Crippen LogP contribution >= 0.6 is 0 Å². The molecule has 1 N–H and O–H groups in total. The lowest BCUT2D eigenvalue weighted by atomic mass is 10.1. The molecule has 1 rings (SSSR count). The van der Waals surface area contributed by atoms with Crippen molar-refractivity contribution in [2.45, 2.75) is 6.92 Å². The van der Waals surface area contributed by atoms with Gasteiger partial charge < -0.3 is 14.7 Å². The lowest BCUT2D eigenvalue weighted by molar-refractivity contribution is -0.384. The predicted octanol–water partition coefficient (Wildman–Crippen LogP) is 0.984. The summed E-state index contributed by atoms with van der Waals surface area (Å²) in [4.78, 5) is 24.0. The summed E-state index contributed by atoms with van der Waals surface area (Å²) in [7, 11) is 1.51. The maximum atomic E-state index is 12.3. The van der Waals surface area contributed by atoms with Crippen LogP contribution in [0.3, 0.4) is 0 Å². The SMILES string of the molecule is COCCN(CCO)C(=O)c1cc(C)cc([N+](=O)[O-])c1. The van der Waals surface area contributed by atoms with E-state index < -0.39 is 4.92 Å². The monoisotopic (exact) mass is 282 g/mol. The molecule has 0 spiro atoms. The smallest absolute Gasteiger partial charge is 0.270 e. The number of non-ortho nitro benzene ring substituents is 1. The zero-order chi connectivity index (χ0) is 15.1. The lowest BCUT2D eigenvalue weighted by Crippen LogP contribution is -2.36. The molecule has 0 saturated carbocycles. The van der Waals surface area contributed by atoms with E-state index in [-0.39, 0.29) is 30.3 Å². The zero-order valence-electron chi connectivity index (χ0n) is 11.5. The number of methoxy groups -OCH3 is 1. The van der Waals surface area contributed by atoms with Crippen molar-refractivity contribution in [3.05, 3.63) is 39.4 Å². The van der Waals surface area contributed by atoms with E-state index >= 15 is 0 Å². The number of carbonyl (C=O) groups is 1. The molecular weight excluding hydrogens is 264 g/mol. The molecule has 0 aliphatic carbocycles. The molecule has 0 saturated heterocycles. The van der Waals surface area contributed by atoms with Gasteiger partial charge in [0.1, 0.15) is 0 Å². The van der Waals surface area contributed by atoms with E-state index in [1.165, 1.54) is 24.1 Å². The number of nitro benzene ring substituents is 1. The van der Waals surface area contributed by atoms with E-state index in [0.29, 0.717) is 18.7 Å². The van der Waals surface area contributed by atoms with Gasteiger partial charge in [0.25, 0.3) is 11.6 Å². The van der Waals surface area contributed by atoms with Crippen molar-refractivity contribution in [2.24, 2.45) is 0 Å². The van der Waals surface area contributed by atoms with Gasteiger partial charge in [-0.05, 0) is 18.6 Å². The number of ether oxygens (including phenoxy) is 1. The van der Waals surface area contributed by atoms with Crippen LogP contribution in [-0.4, -0.2) is 54.3 Å². The van der Waals surface area contributed by atoms with Crippen LogP contribution in [0.5, 0.6) is 0 Å². The van der Waals surface area contributed by atoms with Crippen LogP contribution in [0.25, 0.3) is 0 Å². The van der Waals surface area contributed by atoms with E-state index in [0.717, 1.165) is 0 Å². The second-order valence-electron chi connectivity index (χ2n) is 4.32. The van der Waals surface area contributed by atoms with Crippen LogP contribution in [0.15, 0.2) is 18.2 Å². The number of nitrogens with zero attached hydrogens (tertiary/aromatic N) is 2. The maximum absolute atomic E-state index is 12.3. The highest BCUT2D eigenvalue weighted by molar-refractivity contribution is 5.95. The van der Waals surface area contributed by atoms with Crippen LogP contribution in [0.1, 0.15) is 15.9 Å². The number of hydrogen-bond acceptors (Lipinski definition) is 5. The summed E-state index contributed by atoms with van der Waals surface area (Å²) in [5.74, 6) is -0.358. The molecule has 0 aliphatic heterocycles. The third-order valence-electron chi connectivity index (χ3n) is 2.74. The van der Waals surface area contributed by atoms with Crippen molar-refractivity contribution < 1.29 is 19.6 Å². The normalized spacial score (nSPS) is 10.3. The van der Waals surface area contributed by atoms with Crippen LogP contribution < -0.4 is 0 Å². The number of amides is 1. The minimum atomic E-state index is -0.532. The summed E-state index contributed by atoms with van der Waals surface area (Å²) in [6.45, 7) is 2.32. The second kappa shape index (κ2) is 7.56. The van der Waals surface area contributed by atoms with E-state index in [2.05, 4.69) is 0 Å². The van der Waals surface area contributed by atoms with Gasteiger partial charge in [-0.15, -0.1) is 0 Å². The quantitative estimate of drug-likeness (QED) is 0.594. The van der Waals surface area contributed by atoms with E-state index in [1.54, 1.807) is 13.0 Å². The molecule has 0 bridgehead atoms. The van der Waals surface area contributed by atoms with Gasteiger partial charge in [-0.25, -0.2) is 0 Å². The van der Waals surface area contributed by atoms with Crippen LogP contribution in [0.4, 0.5) is 5.69 Å². The fourth-order valence-corrected chi connectivity index (χ4v) is 1.81. The molecule has 7 nitrogen and oxygen atoms in total. The molecular formula is C13H18N2O5. The molecule has 1 aromatic carbocycles. The number of benzene rings is 1. The molecule has 0 aromatic heterocycles. The average molecular weight is 282 g/mol. The Morgan fingerprint density at radius 1 is 1.40 bits per heavy atom. The minimum Gasteiger partial charge on any atom is -0.395 e. The van der Waals surface area contributed by atoms with Crippen molar-refractivity contribution in [1.29, 1.82) is 0 Å². The van der Waals surface area contributed by atoms with Gasteiger partial charge >= 0.3 is 0 Å². The molecule has 0 fully saturated rings. The summed E-state index contributed by atoms with van der Waals surface area (Å²) in [5, 5.41) is 19.8. The molecule has 7 heteroatoms. The van der Waals surface area contributed by atoms with Crippen molar-refractivity contribution in [3.8, 4) is 0 Å². The minimum absolute atomic E-state index is 0.121. The van der Waals surface area contributed by atoms with Gasteiger partial charge in [0.15, 0.2) is 0 Å². The Bertz CT molecular complexity index is 490. The Morgan fingerprint density at radius 3 is 2.65 bits per heavy atom. The number of nitro groups is 1. The van der Waals surface area contributed by atoms with E-state index in [9.17, 15) is 14.9 Å². The summed E-state index contributed by atoms with van der Waals surface area (Å²) in [6, 6.07) is 4.24. The Morgan fingerprint density at radius 2 is 2.10 bits per heavy atom. The number of hydrogen-bond donors (Lipinski definition) is 1. The molecule has 20 heavy (non-hydrogen) atoms. The van der Waals surface area contributed by atoms with Gasteiger partial charge in [-0.1, -0.05) is 0 Å². The summed E-state index contributed by atoms with van der Waals surface area (Å²) in [5.41, 5.74) is 0.753. The number of aliphatic hydroxyl groups excluding tert-OH is 1. The number of carbonyl (C=O) groups excluding carboxylic acids is 1. The second-order valence-corrected chi connectivity index (χ2v) is 4.32. The zero-order valence-corrected chi connectivity index (χ0v) is 11.5. The molecule has 0 heterocycles. The van der Waals surface area contributed by atoms with Crippen molar-refractivity contribution >= 4 is 11.6 Å². The first-order chi connectivity index (χ1) is 9.49. The van der Waals surface area contributed by atoms with Crippen molar-refractivity contribution in [1.82, 2.24) is 4.90 Å². The average Bonchev–Trinajstić information content (AvgIpc) is 2.42. The Kier molecular flexibility index (Phi) is 6.08. The third-order valence-corrected chi connectivity index (χ3v) is 2.74. The van der Waals surface area contributed by atoms with Crippen molar-refractivity contribution in [3.63, 3.8) is 0 Å². The van der Waals surface area contributed by atoms with Gasteiger partial charge in [-0.2, -0.15) is 0 Å². The number of aryl methyl sites for hydroxylation is 1. The first-order valence-corrected chi connectivity index (χ1v) is 6.14. The van der Waals surface area contributed by atoms with Gasteiger partial charge in [0, 0.05) is 37.9 Å². The molecule has 0 radical (unpaired) electrons. The standard InChI is InChI=1S/C13H18N2O5/c1-10-7-11(9-12(8-10)15(18)19)13(17)14(3-5-16)4-6-20-2/h7-9,16H,3-6H2,1-2H3. The first kappa shape index (κ1) is 16.1. The van der Waals surface area contributed by atoms with Crippen molar-refractivity contribution in [2.75, 3.05) is 33.4 Å². The fraction of sp³-hybridized carbons (Fsp3) is 0.462. The predicted molar refractivity (Wildman–Crippen MR) is 72.7 cm³/mol. The topological polar surface area (TPSA) is 92.9 Å². The Hall–Kier alpha value is -1.99. The Balaban J connectivity index is 3.01. The molecule has 1 aromatic rings. The molecule has 0 atom stereocenters. The number of aliphatic hydroxyl groups is 1. The van der Waals surface area contributed by atoms with Crippen LogP contribution in [0, 0.1) is 17.0 Å². The van der Waals surface area contributed by atoms with Gasteiger partial charge in [0.05, 0.1) is 18.1 Å². The highest BCUT2D eigenvalue weighted by atomic mass is 16.6. The summed E-state index contributed by atoms with van der Waals surface area (Å²) in [6.07, 6.45) is 0. The first-order valence-electron chi connectivity index (χ1n) is 6.14. The highest BCUT2D eigenvalue weighted by Crippen LogP contribution is 2.18. The van der Waals surface area contributed by atoms with Crippen LogP contribution in [-0.2, 0) is 4.74 Å². The van der Waals surface area contributed by atoms with Gasteiger partial charge in [-0.3, -0.25) is 14.9 Å². The molecule has 1 amide bonds. The third kappa shape index (κ3) is 4.29. The fourth-order valence-electron chi connectivity index (χ4n) is 1.81. The largest absolute Gasteiger partial charge is 0.395 e. The summed E-state index contributed by atoms with van der Waals surface area (Å²) < 4.78 is 4.91. The molecule has 0 unspecified atom stereocenters. The maximum Gasteiger partial charge on any atom is 0.270 e. The van der Waals surface area contributed by atoms with Gasteiger partial charge in [0.2, 0.25) is 0 Å². The number of rotatable bonds is 7. The van der Waals surface area contributed by atoms with E-state index in [1.807, 2.05) is 0 Å². The highest BCUT2D eigenvalue weighted by Gasteiger charge is 2.18. The molecule has 110 valence electrons.